The van der Waals surface area contributed by atoms with Gasteiger partial charge in [-0.25, -0.2) is 9.97 Å². The molecule has 1 aromatic heterocycles. The highest BCUT2D eigenvalue weighted by molar-refractivity contribution is 5.97. The average molecular weight is 293 g/mol. The second kappa shape index (κ2) is 6.51. The molecule has 1 rings (SSSR count). The maximum atomic E-state index is 12.3. The molecule has 4 N–H and O–H groups in total. The lowest BCUT2D eigenvalue weighted by Crippen LogP contribution is -2.42. The van der Waals surface area contributed by atoms with Crippen molar-refractivity contribution < 1.29 is 9.59 Å². The number of hydrogen-bond donors (Lipinski definition) is 3. The van der Waals surface area contributed by atoms with Crippen molar-refractivity contribution in [2.75, 3.05) is 18.9 Å². The van der Waals surface area contributed by atoms with Crippen LogP contribution in [0.2, 0.25) is 0 Å². The highest BCUT2D eigenvalue weighted by atomic mass is 16.2. The lowest BCUT2D eigenvalue weighted by molar-refractivity contribution is -0.125. The first-order chi connectivity index (χ1) is 9.69. The van der Waals surface area contributed by atoms with Gasteiger partial charge in [0, 0.05) is 19.5 Å². The third kappa shape index (κ3) is 4.14. The summed E-state index contributed by atoms with van der Waals surface area (Å²) in [4.78, 5) is 32.0. The Morgan fingerprint density at radius 2 is 2.00 bits per heavy atom. The van der Waals surface area contributed by atoms with Crippen LogP contribution in [0.5, 0.6) is 0 Å². The molecule has 0 aliphatic carbocycles. The van der Waals surface area contributed by atoms with E-state index in [1.165, 1.54) is 0 Å². The number of amides is 2. The molecule has 0 fully saturated rings. The number of carbonyl (C=O) groups is 2. The van der Waals surface area contributed by atoms with Crippen LogP contribution in [-0.4, -0.2) is 35.4 Å². The van der Waals surface area contributed by atoms with Crippen molar-refractivity contribution in [2.24, 2.45) is 11.1 Å². The van der Waals surface area contributed by atoms with Crippen LogP contribution in [-0.2, 0) is 4.79 Å². The van der Waals surface area contributed by atoms with Gasteiger partial charge in [0.1, 0.15) is 5.82 Å². The fourth-order valence-electron chi connectivity index (χ4n) is 1.50. The van der Waals surface area contributed by atoms with Crippen molar-refractivity contribution >= 4 is 17.5 Å². The molecule has 7 heteroatoms. The first kappa shape index (κ1) is 16.9. The molecule has 0 radical (unpaired) electrons. The Morgan fingerprint density at radius 3 is 2.48 bits per heavy atom. The van der Waals surface area contributed by atoms with Crippen molar-refractivity contribution in [2.45, 2.75) is 33.6 Å². The van der Waals surface area contributed by atoms with E-state index in [9.17, 15) is 9.59 Å². The van der Waals surface area contributed by atoms with Crippen molar-refractivity contribution in [1.82, 2.24) is 15.3 Å². The molecule has 1 heterocycles. The van der Waals surface area contributed by atoms with Gasteiger partial charge in [-0.2, -0.15) is 0 Å². The van der Waals surface area contributed by atoms with Gasteiger partial charge < -0.3 is 16.4 Å². The number of rotatable bonds is 6. The summed E-state index contributed by atoms with van der Waals surface area (Å²) in [5.41, 5.74) is 5.27. The normalized spacial score (nSPS) is 11.3. The Labute approximate surface area is 124 Å². The number of nitrogens with two attached hydrogens (primary N) is 1. The van der Waals surface area contributed by atoms with Gasteiger partial charge in [-0.05, 0) is 13.8 Å². The molecule has 2 amide bonds. The van der Waals surface area contributed by atoms with Crippen LogP contribution in [0.15, 0.2) is 6.20 Å². The molecule has 0 atom stereocenters. The zero-order valence-electron chi connectivity index (χ0n) is 13.2. The van der Waals surface area contributed by atoms with Gasteiger partial charge in [-0.15, -0.1) is 0 Å². The zero-order valence-corrected chi connectivity index (χ0v) is 13.2. The van der Waals surface area contributed by atoms with Gasteiger partial charge in [-0.1, -0.05) is 13.8 Å². The van der Waals surface area contributed by atoms with Gasteiger partial charge in [0.25, 0.3) is 5.91 Å². The van der Waals surface area contributed by atoms with Crippen molar-refractivity contribution in [3.8, 4) is 0 Å². The summed E-state index contributed by atoms with van der Waals surface area (Å²) in [6, 6.07) is 0. The molecule has 0 unspecified atom stereocenters. The summed E-state index contributed by atoms with van der Waals surface area (Å²) in [5, 5.41) is 5.58. The molecule has 0 aromatic carbocycles. The molecule has 0 saturated carbocycles. The summed E-state index contributed by atoms with van der Waals surface area (Å²) >= 11 is 0. The van der Waals surface area contributed by atoms with E-state index in [0.717, 1.165) is 0 Å². The second-order valence-electron chi connectivity index (χ2n) is 5.83. The molecule has 0 aliphatic heterocycles. The van der Waals surface area contributed by atoms with Crippen molar-refractivity contribution in [3.05, 3.63) is 17.7 Å². The Kier molecular flexibility index (Phi) is 5.23. The van der Waals surface area contributed by atoms with E-state index in [0.29, 0.717) is 11.5 Å². The van der Waals surface area contributed by atoms with E-state index in [-0.39, 0.29) is 24.1 Å². The minimum atomic E-state index is -0.816. The monoisotopic (exact) mass is 293 g/mol. The molecule has 0 bridgehead atoms. The highest BCUT2D eigenvalue weighted by Gasteiger charge is 2.26. The average Bonchev–Trinajstić information content (AvgIpc) is 2.43. The molecule has 0 spiro atoms. The maximum absolute atomic E-state index is 12.3. The number of primary amides is 1. The van der Waals surface area contributed by atoms with Crippen LogP contribution in [0.4, 0.5) is 5.69 Å². The largest absolute Gasteiger partial charge is 0.385 e. The van der Waals surface area contributed by atoms with Gasteiger partial charge in [-0.3, -0.25) is 9.59 Å². The van der Waals surface area contributed by atoms with Gasteiger partial charge in [0.15, 0.2) is 5.69 Å². The quantitative estimate of drug-likeness (QED) is 0.721. The van der Waals surface area contributed by atoms with E-state index in [4.69, 9.17) is 5.73 Å². The van der Waals surface area contributed by atoms with E-state index in [1.54, 1.807) is 27.1 Å². The number of anilines is 1. The van der Waals surface area contributed by atoms with E-state index >= 15 is 0 Å². The fourth-order valence-corrected chi connectivity index (χ4v) is 1.50. The molecule has 0 aliphatic rings. The molecular formula is C14H23N5O2. The Hall–Kier alpha value is -2.18. The maximum Gasteiger partial charge on any atom is 0.272 e. The van der Waals surface area contributed by atoms with Crippen LogP contribution in [0, 0.1) is 5.41 Å². The first-order valence-electron chi connectivity index (χ1n) is 6.82. The minimum absolute atomic E-state index is 0.115. The molecule has 7 nitrogen and oxygen atoms in total. The predicted molar refractivity (Wildman–Crippen MR) is 81.0 cm³/mol. The van der Waals surface area contributed by atoms with Gasteiger partial charge >= 0.3 is 0 Å². The van der Waals surface area contributed by atoms with Crippen LogP contribution < -0.4 is 16.4 Å². The van der Waals surface area contributed by atoms with Crippen LogP contribution in [0.1, 0.15) is 49.9 Å². The minimum Gasteiger partial charge on any atom is -0.385 e. The lowest BCUT2D eigenvalue weighted by atomic mass is 9.93. The number of hydrogen-bond acceptors (Lipinski definition) is 5. The SMILES string of the molecule is CNc1cnc(C(C)C)nc1C(=O)NCC(C)(C)C(N)=O. The second-order valence-corrected chi connectivity index (χ2v) is 5.83. The topological polar surface area (TPSA) is 110 Å². The van der Waals surface area contributed by atoms with E-state index in [1.807, 2.05) is 13.8 Å². The number of aromatic nitrogens is 2. The van der Waals surface area contributed by atoms with Crippen LogP contribution in [0.3, 0.4) is 0 Å². The van der Waals surface area contributed by atoms with Gasteiger partial charge in [0.2, 0.25) is 5.91 Å². The van der Waals surface area contributed by atoms with Gasteiger partial charge in [0.05, 0.1) is 17.3 Å². The smallest absolute Gasteiger partial charge is 0.272 e. The Morgan fingerprint density at radius 1 is 1.38 bits per heavy atom. The van der Waals surface area contributed by atoms with Crippen LogP contribution >= 0.6 is 0 Å². The van der Waals surface area contributed by atoms with E-state index in [2.05, 4.69) is 20.6 Å². The zero-order chi connectivity index (χ0) is 16.2. The lowest BCUT2D eigenvalue weighted by Gasteiger charge is -2.21. The summed E-state index contributed by atoms with van der Waals surface area (Å²) in [6.45, 7) is 7.39. The predicted octanol–water partition coefficient (Wildman–Crippen LogP) is 0.883. The number of nitrogens with zero attached hydrogens (tertiary/aromatic N) is 2. The Bertz CT molecular complexity index is 540. The first-order valence-corrected chi connectivity index (χ1v) is 6.82. The molecular weight excluding hydrogens is 270 g/mol. The fraction of sp³-hybridized carbons (Fsp3) is 0.571. The van der Waals surface area contributed by atoms with Crippen molar-refractivity contribution in [1.29, 1.82) is 0 Å². The highest BCUT2D eigenvalue weighted by Crippen LogP contribution is 2.17. The summed E-state index contributed by atoms with van der Waals surface area (Å²) in [5.74, 6) is -0.127. The molecule has 0 saturated heterocycles. The Balaban J connectivity index is 2.96. The number of nitrogens with one attached hydrogen (secondary N) is 2. The summed E-state index contributed by atoms with van der Waals surface area (Å²) < 4.78 is 0. The molecule has 1 aromatic rings. The summed E-state index contributed by atoms with van der Waals surface area (Å²) in [6.07, 6.45) is 1.58. The van der Waals surface area contributed by atoms with Crippen molar-refractivity contribution in [3.63, 3.8) is 0 Å². The number of carbonyl (C=O) groups excluding carboxylic acids is 2. The summed E-state index contributed by atoms with van der Waals surface area (Å²) in [7, 11) is 1.69. The molecule has 116 valence electrons. The third-order valence-corrected chi connectivity index (χ3v) is 3.17. The standard InChI is InChI=1S/C14H23N5O2/c1-8(2)11-17-6-9(16-5)10(19-11)12(20)18-7-14(3,4)13(15)21/h6,8,16H,7H2,1-5H3,(H2,15,21)(H,18,20). The van der Waals surface area contributed by atoms with Crippen LogP contribution in [0.25, 0.3) is 0 Å². The third-order valence-electron chi connectivity index (χ3n) is 3.17. The molecule has 21 heavy (non-hydrogen) atoms. The van der Waals surface area contributed by atoms with E-state index < -0.39 is 11.3 Å².